The maximum absolute atomic E-state index is 11.7. The molecule has 1 rings (SSSR count). The number of carbonyl (C=O) groups excluding carboxylic acids is 1. The van der Waals surface area contributed by atoms with Crippen LogP contribution in [0.1, 0.15) is 28.4 Å². The molecule has 1 aromatic carbocycles. The summed E-state index contributed by atoms with van der Waals surface area (Å²) in [6.45, 7) is 5.48. The highest BCUT2D eigenvalue weighted by molar-refractivity contribution is 6.35. The predicted molar refractivity (Wildman–Crippen MR) is 58.9 cm³/mol. The van der Waals surface area contributed by atoms with E-state index in [0.29, 0.717) is 10.6 Å². The van der Waals surface area contributed by atoms with Gasteiger partial charge in [-0.25, -0.2) is 0 Å². The van der Waals surface area contributed by atoms with Gasteiger partial charge in [0, 0.05) is 5.56 Å². The van der Waals surface area contributed by atoms with E-state index in [1.165, 1.54) is 0 Å². The molecule has 0 aliphatic rings. The van der Waals surface area contributed by atoms with Crippen molar-refractivity contribution in [1.29, 1.82) is 0 Å². The van der Waals surface area contributed by atoms with Crippen LogP contribution in [0.4, 0.5) is 0 Å². The van der Waals surface area contributed by atoms with Crippen molar-refractivity contribution >= 4 is 17.4 Å². The summed E-state index contributed by atoms with van der Waals surface area (Å²) in [6, 6.07) is 3.22. The van der Waals surface area contributed by atoms with Gasteiger partial charge in [-0.15, -0.1) is 0 Å². The van der Waals surface area contributed by atoms with Crippen molar-refractivity contribution < 1.29 is 4.79 Å². The monoisotopic (exact) mass is 211 g/mol. The third-order valence-corrected chi connectivity index (χ3v) is 2.58. The molecular formula is C11H14ClNO. The molecule has 0 amide bonds. The molecule has 0 saturated heterocycles. The maximum Gasteiger partial charge on any atom is 0.180 e. The molecule has 0 heterocycles. The number of rotatable bonds is 2. The molecule has 0 aliphatic heterocycles. The Hall–Kier alpha value is -0.860. The summed E-state index contributed by atoms with van der Waals surface area (Å²) in [7, 11) is 0. The minimum absolute atomic E-state index is 0.109. The van der Waals surface area contributed by atoms with Crippen LogP contribution in [-0.4, -0.2) is 11.8 Å². The Morgan fingerprint density at radius 2 is 2.00 bits per heavy atom. The number of halogens is 1. The predicted octanol–water partition coefficient (Wildman–Crippen LogP) is 2.49. The number of hydrogen-bond donors (Lipinski definition) is 1. The molecular weight excluding hydrogens is 198 g/mol. The molecule has 3 heteroatoms. The summed E-state index contributed by atoms with van der Waals surface area (Å²) in [5.74, 6) is -0.109. The van der Waals surface area contributed by atoms with Gasteiger partial charge >= 0.3 is 0 Å². The second kappa shape index (κ2) is 4.11. The SMILES string of the molecule is Cc1cc(C)c(Cl)c(C(=O)C(C)N)c1. The molecule has 0 aromatic heterocycles. The minimum Gasteiger partial charge on any atom is -0.321 e. The van der Waals surface area contributed by atoms with Gasteiger partial charge in [-0.05, 0) is 32.4 Å². The lowest BCUT2D eigenvalue weighted by molar-refractivity contribution is 0.0968. The smallest absolute Gasteiger partial charge is 0.180 e. The average Bonchev–Trinajstić information content (AvgIpc) is 2.09. The second-order valence-corrected chi connectivity index (χ2v) is 3.97. The van der Waals surface area contributed by atoms with E-state index in [-0.39, 0.29) is 5.78 Å². The van der Waals surface area contributed by atoms with Crippen molar-refractivity contribution in [2.24, 2.45) is 5.73 Å². The Balaban J connectivity index is 3.27. The first kappa shape index (κ1) is 11.2. The third-order valence-electron chi connectivity index (χ3n) is 2.08. The standard InChI is InChI=1S/C11H14ClNO/c1-6-4-7(2)10(12)9(5-6)11(14)8(3)13/h4-5,8H,13H2,1-3H3. The Labute approximate surface area is 89.1 Å². The topological polar surface area (TPSA) is 43.1 Å². The van der Waals surface area contributed by atoms with Crippen LogP contribution in [0.3, 0.4) is 0 Å². The van der Waals surface area contributed by atoms with Crippen molar-refractivity contribution in [2.75, 3.05) is 0 Å². The number of carbonyl (C=O) groups is 1. The van der Waals surface area contributed by atoms with Crippen LogP contribution in [-0.2, 0) is 0 Å². The molecule has 2 N–H and O–H groups in total. The highest BCUT2D eigenvalue weighted by atomic mass is 35.5. The molecule has 0 fully saturated rings. The molecule has 0 aliphatic carbocycles. The molecule has 2 nitrogen and oxygen atoms in total. The van der Waals surface area contributed by atoms with Gasteiger partial charge in [0.1, 0.15) is 0 Å². The van der Waals surface area contributed by atoms with Crippen LogP contribution < -0.4 is 5.73 Å². The van der Waals surface area contributed by atoms with E-state index in [4.69, 9.17) is 17.3 Å². The lowest BCUT2D eigenvalue weighted by Gasteiger charge is -2.09. The second-order valence-electron chi connectivity index (χ2n) is 3.60. The first-order valence-electron chi connectivity index (χ1n) is 4.50. The average molecular weight is 212 g/mol. The zero-order valence-corrected chi connectivity index (χ0v) is 9.35. The molecule has 1 aromatic rings. The normalized spacial score (nSPS) is 12.6. The first-order chi connectivity index (χ1) is 6.43. The number of ketones is 1. The highest BCUT2D eigenvalue weighted by Crippen LogP contribution is 2.23. The van der Waals surface area contributed by atoms with Gasteiger partial charge in [-0.3, -0.25) is 4.79 Å². The molecule has 76 valence electrons. The van der Waals surface area contributed by atoms with E-state index in [9.17, 15) is 4.79 Å². The van der Waals surface area contributed by atoms with E-state index in [1.807, 2.05) is 19.9 Å². The quantitative estimate of drug-likeness (QED) is 0.764. The fourth-order valence-electron chi connectivity index (χ4n) is 1.37. The summed E-state index contributed by atoms with van der Waals surface area (Å²) >= 11 is 6.03. The van der Waals surface area contributed by atoms with Crippen molar-refractivity contribution in [1.82, 2.24) is 0 Å². The molecule has 0 radical (unpaired) electrons. The Kier molecular flexibility index (Phi) is 3.29. The zero-order chi connectivity index (χ0) is 10.9. The first-order valence-corrected chi connectivity index (χ1v) is 4.88. The Morgan fingerprint density at radius 3 is 2.50 bits per heavy atom. The number of benzene rings is 1. The summed E-state index contributed by atoms with van der Waals surface area (Å²) < 4.78 is 0. The van der Waals surface area contributed by atoms with Crippen molar-refractivity contribution in [3.05, 3.63) is 33.8 Å². The van der Waals surface area contributed by atoms with E-state index < -0.39 is 6.04 Å². The summed E-state index contributed by atoms with van der Waals surface area (Å²) in [4.78, 5) is 11.7. The van der Waals surface area contributed by atoms with Gasteiger partial charge in [-0.2, -0.15) is 0 Å². The lowest BCUT2D eigenvalue weighted by Crippen LogP contribution is -2.27. The Morgan fingerprint density at radius 1 is 1.43 bits per heavy atom. The number of hydrogen-bond acceptors (Lipinski definition) is 2. The van der Waals surface area contributed by atoms with Gasteiger partial charge in [-0.1, -0.05) is 23.2 Å². The van der Waals surface area contributed by atoms with Gasteiger partial charge in [0.2, 0.25) is 0 Å². The molecule has 0 bridgehead atoms. The zero-order valence-electron chi connectivity index (χ0n) is 8.60. The summed E-state index contributed by atoms with van der Waals surface area (Å²) in [5.41, 5.74) is 7.99. The molecule has 1 atom stereocenters. The van der Waals surface area contributed by atoms with Crippen molar-refractivity contribution in [3.63, 3.8) is 0 Å². The lowest BCUT2D eigenvalue weighted by atomic mass is 10.0. The Bertz CT molecular complexity index is 372. The number of aryl methyl sites for hydroxylation is 2. The van der Waals surface area contributed by atoms with Crippen LogP contribution in [0, 0.1) is 13.8 Å². The van der Waals surface area contributed by atoms with E-state index in [1.54, 1.807) is 13.0 Å². The molecule has 1 unspecified atom stereocenters. The minimum atomic E-state index is -0.506. The van der Waals surface area contributed by atoms with Gasteiger partial charge in [0.05, 0.1) is 11.1 Å². The van der Waals surface area contributed by atoms with Crippen LogP contribution in [0.25, 0.3) is 0 Å². The van der Waals surface area contributed by atoms with Gasteiger partial charge in [0.15, 0.2) is 5.78 Å². The summed E-state index contributed by atoms with van der Waals surface area (Å²) in [6.07, 6.45) is 0. The highest BCUT2D eigenvalue weighted by Gasteiger charge is 2.15. The van der Waals surface area contributed by atoms with Crippen molar-refractivity contribution in [2.45, 2.75) is 26.8 Å². The van der Waals surface area contributed by atoms with Crippen molar-refractivity contribution in [3.8, 4) is 0 Å². The van der Waals surface area contributed by atoms with E-state index in [2.05, 4.69) is 0 Å². The molecule has 0 saturated carbocycles. The van der Waals surface area contributed by atoms with Crippen LogP contribution >= 0.6 is 11.6 Å². The fourth-order valence-corrected chi connectivity index (χ4v) is 1.58. The van der Waals surface area contributed by atoms with Gasteiger partial charge in [0.25, 0.3) is 0 Å². The third kappa shape index (κ3) is 2.14. The maximum atomic E-state index is 11.7. The van der Waals surface area contributed by atoms with E-state index in [0.717, 1.165) is 11.1 Å². The van der Waals surface area contributed by atoms with Crippen LogP contribution in [0.15, 0.2) is 12.1 Å². The fraction of sp³-hybridized carbons (Fsp3) is 0.364. The molecule has 14 heavy (non-hydrogen) atoms. The molecule has 0 spiro atoms. The number of Topliss-reactive ketones (excluding diaryl/α,β-unsaturated/α-hetero) is 1. The van der Waals surface area contributed by atoms with E-state index >= 15 is 0 Å². The van der Waals surface area contributed by atoms with Crippen LogP contribution in [0.2, 0.25) is 5.02 Å². The largest absolute Gasteiger partial charge is 0.321 e. The number of nitrogens with two attached hydrogens (primary N) is 1. The summed E-state index contributed by atoms with van der Waals surface area (Å²) in [5, 5.41) is 0.512. The van der Waals surface area contributed by atoms with Crippen LogP contribution in [0.5, 0.6) is 0 Å². The van der Waals surface area contributed by atoms with Gasteiger partial charge < -0.3 is 5.73 Å².